The first kappa shape index (κ1) is 22.9. The van der Waals surface area contributed by atoms with Crippen LogP contribution in [0.3, 0.4) is 0 Å². The van der Waals surface area contributed by atoms with Crippen LogP contribution < -0.4 is 4.74 Å². The van der Waals surface area contributed by atoms with Crippen LogP contribution in [0.25, 0.3) is 10.9 Å². The Kier molecular flexibility index (Phi) is 5.86. The fourth-order valence-corrected chi connectivity index (χ4v) is 6.18. The Hall–Kier alpha value is -2.90. The Morgan fingerprint density at radius 2 is 2.06 bits per heavy atom. The van der Waals surface area contributed by atoms with Gasteiger partial charge in [0.05, 0.1) is 25.7 Å². The van der Waals surface area contributed by atoms with Crippen LogP contribution in [-0.4, -0.2) is 40.8 Å². The fraction of sp³-hybridized carbons (Fsp3) is 0.370. The number of rotatable bonds is 6. The first-order valence-electron chi connectivity index (χ1n) is 11.6. The lowest BCUT2D eigenvalue weighted by atomic mass is 9.71. The molecule has 1 N–H and O–H groups in total. The van der Waals surface area contributed by atoms with Crippen molar-refractivity contribution in [3.05, 3.63) is 83.8 Å². The topological polar surface area (TPSA) is 42.4 Å². The van der Waals surface area contributed by atoms with Crippen LogP contribution in [0.5, 0.6) is 5.75 Å². The van der Waals surface area contributed by atoms with Crippen LogP contribution in [0.15, 0.2) is 55.3 Å². The molecule has 3 aliphatic rings. The molecule has 0 saturated carbocycles. The highest BCUT2D eigenvalue weighted by Gasteiger charge is 2.54. The van der Waals surface area contributed by atoms with Crippen LogP contribution in [0.4, 0.5) is 13.2 Å². The molecule has 178 valence electrons. The van der Waals surface area contributed by atoms with Gasteiger partial charge in [-0.05, 0) is 41.8 Å². The molecule has 3 aromatic rings. The van der Waals surface area contributed by atoms with E-state index in [0.29, 0.717) is 41.7 Å². The van der Waals surface area contributed by atoms with Crippen LogP contribution in [0, 0.1) is 29.3 Å². The molecule has 4 nitrogen and oxygen atoms in total. The number of ether oxygens (including phenoxy) is 1. The van der Waals surface area contributed by atoms with Crippen LogP contribution in [0.2, 0.25) is 0 Å². The monoisotopic (exact) mass is 469 g/mol. The minimum Gasteiger partial charge on any atom is -0.497 e. The van der Waals surface area contributed by atoms with Gasteiger partial charge in [-0.25, -0.2) is 13.2 Å². The van der Waals surface area contributed by atoms with Crippen molar-refractivity contribution < 1.29 is 27.5 Å². The minimum atomic E-state index is -1.19. The summed E-state index contributed by atoms with van der Waals surface area (Å²) in [5.41, 5.74) is 1.46. The average molecular weight is 470 g/mol. The van der Waals surface area contributed by atoms with Crippen molar-refractivity contribution in [2.45, 2.75) is 31.5 Å². The van der Waals surface area contributed by atoms with E-state index in [-0.39, 0.29) is 24.1 Å². The number of quaternary nitrogens is 1. The van der Waals surface area contributed by atoms with E-state index in [2.05, 4.69) is 11.6 Å². The van der Waals surface area contributed by atoms with Crippen molar-refractivity contribution in [2.75, 3.05) is 20.2 Å². The number of hydrogen-bond donors (Lipinski definition) is 1. The van der Waals surface area contributed by atoms with Gasteiger partial charge in [0, 0.05) is 42.0 Å². The molecule has 3 saturated heterocycles. The van der Waals surface area contributed by atoms with E-state index in [9.17, 15) is 18.3 Å². The molecule has 3 fully saturated rings. The summed E-state index contributed by atoms with van der Waals surface area (Å²) in [6.45, 7) is 5.42. The van der Waals surface area contributed by atoms with Crippen molar-refractivity contribution in [1.82, 2.24) is 4.98 Å². The number of halogens is 3. The highest BCUT2D eigenvalue weighted by molar-refractivity contribution is 5.83. The normalized spacial score (nSPS) is 27.0. The maximum Gasteiger partial charge on any atom is 0.167 e. The number of fused-ring (bicyclic) bond motifs is 4. The zero-order valence-electron chi connectivity index (χ0n) is 19.1. The van der Waals surface area contributed by atoms with Gasteiger partial charge < -0.3 is 14.3 Å². The van der Waals surface area contributed by atoms with Gasteiger partial charge in [0.1, 0.15) is 30.3 Å². The Labute approximate surface area is 196 Å². The SMILES string of the molecule is C=CC1C[N+]2(Cc3cc(F)cc(F)c3F)CCC1C[C@H]2[C@H](O)c1ccnc2ccc(OC)cc12. The third kappa shape index (κ3) is 3.77. The molecule has 7 heteroatoms. The van der Waals surface area contributed by atoms with E-state index in [0.717, 1.165) is 29.0 Å². The smallest absolute Gasteiger partial charge is 0.167 e. The van der Waals surface area contributed by atoms with Crippen molar-refractivity contribution >= 4 is 10.9 Å². The average Bonchev–Trinajstić information content (AvgIpc) is 2.85. The molecule has 0 radical (unpaired) electrons. The third-order valence-electron chi connectivity index (χ3n) is 7.89. The summed E-state index contributed by atoms with van der Waals surface area (Å²) < 4.78 is 48.5. The summed E-state index contributed by atoms with van der Waals surface area (Å²) in [6.07, 6.45) is 4.33. The Balaban J connectivity index is 1.59. The number of aliphatic hydroxyl groups is 1. The number of piperidine rings is 3. The number of aliphatic hydroxyl groups excluding tert-OH is 1. The maximum atomic E-state index is 14.7. The van der Waals surface area contributed by atoms with Gasteiger partial charge in [0.25, 0.3) is 0 Å². The van der Waals surface area contributed by atoms with E-state index in [4.69, 9.17) is 4.74 Å². The Morgan fingerprint density at radius 3 is 2.82 bits per heavy atom. The largest absolute Gasteiger partial charge is 0.497 e. The lowest BCUT2D eigenvalue weighted by Crippen LogP contribution is -2.67. The van der Waals surface area contributed by atoms with E-state index in [1.54, 1.807) is 19.4 Å². The summed E-state index contributed by atoms with van der Waals surface area (Å²) in [5, 5.41) is 12.5. The molecule has 5 atom stereocenters. The van der Waals surface area contributed by atoms with Crippen molar-refractivity contribution in [2.24, 2.45) is 11.8 Å². The number of nitrogens with zero attached hydrogens (tertiary/aromatic N) is 2. The summed E-state index contributed by atoms with van der Waals surface area (Å²) in [6, 6.07) is 8.71. The zero-order valence-corrected chi connectivity index (χ0v) is 19.1. The van der Waals surface area contributed by atoms with Gasteiger partial charge in [-0.3, -0.25) is 4.98 Å². The van der Waals surface area contributed by atoms with E-state index >= 15 is 0 Å². The standard InChI is InChI=1S/C27H28F3N2O2/c1-3-16-14-32(15-18-10-19(28)12-23(29)26(18)30)9-7-17(16)11-25(32)27(33)21-6-8-31-24-5-4-20(34-2)13-22(21)24/h3-6,8,10,12-13,16-17,25,27,33H,1,7,9,11,14-15H2,2H3/q+1/t16?,17?,25-,27+,32?/m0/s1. The van der Waals surface area contributed by atoms with Crippen molar-refractivity contribution in [1.29, 1.82) is 0 Å². The van der Waals surface area contributed by atoms with Crippen LogP contribution >= 0.6 is 0 Å². The first-order chi connectivity index (χ1) is 16.3. The van der Waals surface area contributed by atoms with Crippen molar-refractivity contribution in [3.63, 3.8) is 0 Å². The summed E-state index contributed by atoms with van der Waals surface area (Å²) in [7, 11) is 1.59. The molecule has 6 rings (SSSR count). The number of hydrogen-bond acceptors (Lipinski definition) is 3. The lowest BCUT2D eigenvalue weighted by molar-refractivity contribution is -0.985. The van der Waals surface area contributed by atoms with E-state index < -0.39 is 23.6 Å². The molecule has 34 heavy (non-hydrogen) atoms. The molecular weight excluding hydrogens is 441 g/mol. The predicted octanol–water partition coefficient (Wildman–Crippen LogP) is 5.31. The molecular formula is C27H28F3N2O2+. The highest BCUT2D eigenvalue weighted by Crippen LogP contribution is 2.48. The summed E-state index contributed by atoms with van der Waals surface area (Å²) >= 11 is 0. The zero-order chi connectivity index (χ0) is 24.0. The molecule has 2 aromatic carbocycles. The predicted molar refractivity (Wildman–Crippen MR) is 123 cm³/mol. The summed E-state index contributed by atoms with van der Waals surface area (Å²) in [4.78, 5) is 4.42. The molecule has 2 bridgehead atoms. The van der Waals surface area contributed by atoms with Gasteiger partial charge >= 0.3 is 0 Å². The quantitative estimate of drug-likeness (QED) is 0.302. The number of methoxy groups -OCH3 is 1. The number of pyridine rings is 1. The second-order valence-electron chi connectivity index (χ2n) is 9.62. The number of aromatic nitrogens is 1. The Morgan fingerprint density at radius 1 is 1.24 bits per heavy atom. The van der Waals surface area contributed by atoms with Crippen molar-refractivity contribution in [3.8, 4) is 5.75 Å². The van der Waals surface area contributed by atoms with Crippen LogP contribution in [0.1, 0.15) is 30.1 Å². The van der Waals surface area contributed by atoms with E-state index in [1.165, 1.54) is 0 Å². The molecule has 3 unspecified atom stereocenters. The Bertz CT molecular complexity index is 1250. The molecule has 0 amide bonds. The van der Waals surface area contributed by atoms with Gasteiger partial charge in [-0.1, -0.05) is 6.08 Å². The fourth-order valence-electron chi connectivity index (χ4n) is 6.18. The van der Waals surface area contributed by atoms with E-state index in [1.807, 2.05) is 24.3 Å². The minimum absolute atomic E-state index is 0.000817. The molecule has 0 aliphatic carbocycles. The molecule has 0 spiro atoms. The summed E-state index contributed by atoms with van der Waals surface area (Å²) in [5.74, 6) is -1.80. The second-order valence-corrected chi connectivity index (χ2v) is 9.62. The second kappa shape index (κ2) is 8.71. The lowest BCUT2D eigenvalue weighted by Gasteiger charge is -2.58. The molecule has 3 aliphatic heterocycles. The maximum absolute atomic E-state index is 14.7. The molecule has 1 aromatic heterocycles. The molecule has 4 heterocycles. The van der Waals surface area contributed by atoms with Gasteiger partial charge in [0.15, 0.2) is 11.6 Å². The van der Waals surface area contributed by atoms with Crippen LogP contribution in [-0.2, 0) is 6.54 Å². The van der Waals surface area contributed by atoms with Gasteiger partial charge in [-0.15, -0.1) is 6.58 Å². The highest BCUT2D eigenvalue weighted by atomic mass is 19.2. The van der Waals surface area contributed by atoms with Gasteiger partial charge in [0.2, 0.25) is 0 Å². The first-order valence-corrected chi connectivity index (χ1v) is 11.6. The third-order valence-corrected chi connectivity index (χ3v) is 7.89. The number of benzene rings is 2. The van der Waals surface area contributed by atoms with Gasteiger partial charge in [-0.2, -0.15) is 0 Å².